The van der Waals surface area contributed by atoms with E-state index in [-0.39, 0.29) is 5.76 Å². The molecule has 0 radical (unpaired) electrons. The van der Waals surface area contributed by atoms with Gasteiger partial charge in [0, 0.05) is 23.9 Å². The molecule has 0 aliphatic carbocycles. The largest absolute Gasteiger partial charge is 0.456 e. The minimum absolute atomic E-state index is 0.173. The number of fused-ring (bicyclic) bond motifs is 1. The first-order valence-corrected chi connectivity index (χ1v) is 12.8. The Hall–Kier alpha value is -3.86. The quantitative estimate of drug-likeness (QED) is 0.249. The average molecular weight is 575 g/mol. The van der Waals surface area contributed by atoms with Crippen molar-refractivity contribution in [2.75, 3.05) is 11.9 Å². The number of H-pyrrole nitrogens is 1. The molecule has 3 aliphatic heterocycles. The van der Waals surface area contributed by atoms with Crippen LogP contribution in [0, 0.1) is 5.92 Å². The Balaban J connectivity index is 1.41. The van der Waals surface area contributed by atoms with Crippen molar-refractivity contribution in [1.29, 1.82) is 0 Å². The Labute approximate surface area is 232 Å². The van der Waals surface area contributed by atoms with E-state index in [1.54, 1.807) is 44.2 Å². The smallest absolute Gasteiger partial charge is 0.330 e. The summed E-state index contributed by atoms with van der Waals surface area (Å²) in [5.74, 6) is -4.09. The fourth-order valence-electron chi connectivity index (χ4n) is 5.05. The second-order valence-electron chi connectivity index (χ2n) is 10.2. The molecule has 220 valence electrons. The molecule has 3 aliphatic rings. The van der Waals surface area contributed by atoms with Gasteiger partial charge in [-0.05, 0) is 32.1 Å². The third-order valence-electron chi connectivity index (χ3n) is 6.89. The van der Waals surface area contributed by atoms with Crippen molar-refractivity contribution in [3.8, 4) is 0 Å². The van der Waals surface area contributed by atoms with Crippen LogP contribution in [0.1, 0.15) is 20.1 Å². The summed E-state index contributed by atoms with van der Waals surface area (Å²) in [6, 6.07) is 9.68. The van der Waals surface area contributed by atoms with Gasteiger partial charge in [-0.3, -0.25) is 23.9 Å². The van der Waals surface area contributed by atoms with Crippen molar-refractivity contribution < 1.29 is 43.5 Å². The highest BCUT2D eigenvalue weighted by Crippen LogP contribution is 2.40. The zero-order chi connectivity index (χ0) is 29.5. The van der Waals surface area contributed by atoms with Gasteiger partial charge in [0.25, 0.3) is 11.5 Å². The second-order valence-corrected chi connectivity index (χ2v) is 10.2. The molecule has 0 unspecified atom stereocenters. The standard InChI is InChI=1S/C26H30N4O11/c1-26(2)40-14-10-15(22(35)28-12-6-4-3-5-7-12)37-24(19(14)41-26)39-20(21(27)34)18-13(11-31)17(33)23(38-18)30-9-8-16(32)29-25(30)36/h3-10,13-14,17-20,23-24,31,33H,11H2,1-2H3,(H2,27,34)(H,28,35)(H,29,32,36)/t13-,14-,17+,18-,19-,20+,23+,24+/m0/s1. The first-order chi connectivity index (χ1) is 19.5. The number of aliphatic hydroxyl groups is 2. The summed E-state index contributed by atoms with van der Waals surface area (Å²) in [5.41, 5.74) is 4.62. The number of carbonyl (C=O) groups is 2. The van der Waals surface area contributed by atoms with Crippen molar-refractivity contribution in [1.82, 2.24) is 9.55 Å². The SMILES string of the molecule is CC1(C)O[C@@H]2[C@@H](O[C@@H](C(N)=O)[C@H]3O[C@@H](n4ccc(=O)[nH]c4=O)[C@H](O)[C@@H]3CO)OC(C(=O)Nc3ccccc3)=C[C@@H]2O1. The number of primary amides is 1. The summed E-state index contributed by atoms with van der Waals surface area (Å²) in [5, 5.41) is 23.7. The Morgan fingerprint density at radius 1 is 1.20 bits per heavy atom. The van der Waals surface area contributed by atoms with Crippen LogP contribution in [-0.2, 0) is 33.3 Å². The molecule has 15 heteroatoms. The number of ether oxygens (including phenoxy) is 5. The molecule has 6 N–H and O–H groups in total. The van der Waals surface area contributed by atoms with E-state index in [1.807, 2.05) is 4.98 Å². The highest BCUT2D eigenvalue weighted by atomic mass is 16.8. The summed E-state index contributed by atoms with van der Waals surface area (Å²) in [4.78, 5) is 51.6. The maximum atomic E-state index is 13.0. The molecular formula is C26H30N4O11. The van der Waals surface area contributed by atoms with Gasteiger partial charge in [0.05, 0.1) is 6.61 Å². The number of amides is 2. The van der Waals surface area contributed by atoms with Crippen molar-refractivity contribution in [2.45, 2.75) is 62.7 Å². The molecule has 2 aromatic rings. The van der Waals surface area contributed by atoms with Gasteiger partial charge in [0.15, 0.2) is 30.0 Å². The summed E-state index contributed by atoms with van der Waals surface area (Å²) in [6.07, 6.45) is -6.57. The van der Waals surface area contributed by atoms with Crippen LogP contribution in [0.15, 0.2) is 64.0 Å². The minimum Gasteiger partial charge on any atom is -0.456 e. The predicted molar refractivity (Wildman–Crippen MR) is 138 cm³/mol. The molecule has 41 heavy (non-hydrogen) atoms. The lowest BCUT2D eigenvalue weighted by molar-refractivity contribution is -0.239. The van der Waals surface area contributed by atoms with Crippen molar-refractivity contribution in [3.63, 3.8) is 0 Å². The highest BCUT2D eigenvalue weighted by molar-refractivity contribution is 6.02. The fourth-order valence-corrected chi connectivity index (χ4v) is 5.05. The number of carbonyl (C=O) groups excluding carboxylic acids is 2. The number of anilines is 1. The molecule has 2 fully saturated rings. The third-order valence-corrected chi connectivity index (χ3v) is 6.89. The first-order valence-electron chi connectivity index (χ1n) is 12.8. The number of nitrogens with zero attached hydrogens (tertiary/aromatic N) is 1. The van der Waals surface area contributed by atoms with Crippen LogP contribution in [0.2, 0.25) is 0 Å². The molecule has 2 amide bonds. The number of hydrogen-bond donors (Lipinski definition) is 5. The number of hydrogen-bond acceptors (Lipinski definition) is 11. The predicted octanol–water partition coefficient (Wildman–Crippen LogP) is -1.33. The van der Waals surface area contributed by atoms with Gasteiger partial charge in [-0.25, -0.2) is 4.79 Å². The number of rotatable bonds is 8. The zero-order valence-corrected chi connectivity index (χ0v) is 22.0. The Morgan fingerprint density at radius 3 is 2.59 bits per heavy atom. The third kappa shape index (κ3) is 5.81. The van der Waals surface area contributed by atoms with E-state index >= 15 is 0 Å². The van der Waals surface area contributed by atoms with E-state index in [9.17, 15) is 29.4 Å². The summed E-state index contributed by atoms with van der Waals surface area (Å²) < 4.78 is 30.4. The lowest BCUT2D eigenvalue weighted by Crippen LogP contribution is -2.52. The normalized spacial score (nSPS) is 31.0. The Bertz CT molecular complexity index is 1440. The molecule has 4 heterocycles. The molecule has 8 atom stereocenters. The number of aromatic nitrogens is 2. The van der Waals surface area contributed by atoms with Crippen LogP contribution in [0.5, 0.6) is 0 Å². The molecule has 2 saturated heterocycles. The number of nitrogens with two attached hydrogens (primary N) is 1. The van der Waals surface area contributed by atoms with Crippen LogP contribution < -0.4 is 22.3 Å². The lowest BCUT2D eigenvalue weighted by Gasteiger charge is -2.34. The summed E-state index contributed by atoms with van der Waals surface area (Å²) >= 11 is 0. The molecule has 5 rings (SSSR count). The van der Waals surface area contributed by atoms with Gasteiger partial charge < -0.3 is 44.9 Å². The highest BCUT2D eigenvalue weighted by Gasteiger charge is 2.54. The van der Waals surface area contributed by atoms with Crippen LogP contribution in [0.25, 0.3) is 0 Å². The number of aromatic amines is 1. The Morgan fingerprint density at radius 2 is 1.93 bits per heavy atom. The van der Waals surface area contributed by atoms with Crippen molar-refractivity contribution in [3.05, 3.63) is 75.3 Å². The number of nitrogens with one attached hydrogen (secondary N) is 2. The molecule has 0 spiro atoms. The van der Waals surface area contributed by atoms with E-state index < -0.39 is 84.4 Å². The number of para-hydroxylation sites is 1. The minimum atomic E-state index is -1.65. The lowest BCUT2D eigenvalue weighted by atomic mass is 9.94. The van der Waals surface area contributed by atoms with E-state index in [1.165, 1.54) is 6.08 Å². The molecule has 1 aromatic carbocycles. The van der Waals surface area contributed by atoms with Crippen LogP contribution in [0.4, 0.5) is 5.69 Å². The van der Waals surface area contributed by atoms with E-state index in [4.69, 9.17) is 29.4 Å². The second kappa shape index (κ2) is 11.2. The molecule has 0 bridgehead atoms. The van der Waals surface area contributed by atoms with E-state index in [0.29, 0.717) is 5.69 Å². The number of benzene rings is 1. The van der Waals surface area contributed by atoms with E-state index in [0.717, 1.165) is 16.8 Å². The first kappa shape index (κ1) is 28.7. The van der Waals surface area contributed by atoms with E-state index in [2.05, 4.69) is 5.32 Å². The maximum absolute atomic E-state index is 13.0. The fraction of sp³-hybridized carbons (Fsp3) is 0.462. The van der Waals surface area contributed by atoms with Crippen molar-refractivity contribution in [2.24, 2.45) is 11.7 Å². The summed E-state index contributed by atoms with van der Waals surface area (Å²) in [7, 11) is 0. The van der Waals surface area contributed by atoms with Crippen molar-refractivity contribution >= 4 is 17.5 Å². The molecular weight excluding hydrogens is 544 g/mol. The van der Waals surface area contributed by atoms with Gasteiger partial charge >= 0.3 is 5.69 Å². The summed E-state index contributed by atoms with van der Waals surface area (Å²) in [6.45, 7) is 2.62. The van der Waals surface area contributed by atoms with Gasteiger partial charge in [-0.1, -0.05) is 18.2 Å². The van der Waals surface area contributed by atoms with Crippen LogP contribution in [0.3, 0.4) is 0 Å². The molecule has 0 saturated carbocycles. The van der Waals surface area contributed by atoms with Crippen LogP contribution >= 0.6 is 0 Å². The number of aliphatic hydroxyl groups excluding tert-OH is 2. The van der Waals surface area contributed by atoms with Gasteiger partial charge in [-0.2, -0.15) is 0 Å². The topological polar surface area (TPSA) is 214 Å². The molecule has 15 nitrogen and oxygen atoms in total. The average Bonchev–Trinajstić information content (AvgIpc) is 3.41. The zero-order valence-electron chi connectivity index (χ0n) is 22.0. The van der Waals surface area contributed by atoms with Gasteiger partial charge in [0.2, 0.25) is 12.2 Å². The molecule has 1 aromatic heterocycles. The van der Waals surface area contributed by atoms with Crippen LogP contribution in [-0.4, -0.2) is 80.8 Å². The Kier molecular flexibility index (Phi) is 7.83. The monoisotopic (exact) mass is 574 g/mol. The maximum Gasteiger partial charge on any atom is 0.330 e. The van der Waals surface area contributed by atoms with Gasteiger partial charge in [-0.15, -0.1) is 0 Å². The van der Waals surface area contributed by atoms with Gasteiger partial charge in [0.1, 0.15) is 18.3 Å².